The Morgan fingerprint density at radius 3 is 2.60 bits per heavy atom. The molecule has 3 aromatic rings. The van der Waals surface area contributed by atoms with Crippen LogP contribution in [-0.4, -0.2) is 11.7 Å². The molecule has 0 aliphatic carbocycles. The quantitative estimate of drug-likeness (QED) is 0.723. The van der Waals surface area contributed by atoms with Crippen LogP contribution in [0.2, 0.25) is 0 Å². The Kier molecular flexibility index (Phi) is 3.14. The smallest absolute Gasteiger partial charge is 0.118 e. The van der Waals surface area contributed by atoms with Crippen LogP contribution in [0.4, 0.5) is 0 Å². The predicted octanol–water partition coefficient (Wildman–Crippen LogP) is 3.57. The summed E-state index contributed by atoms with van der Waals surface area (Å²) in [4.78, 5) is 0. The van der Waals surface area contributed by atoms with Gasteiger partial charge in [-0.25, -0.2) is 0 Å². The average molecular weight is 262 g/mol. The third-order valence-electron chi connectivity index (χ3n) is 3.41. The number of nitriles is 1. The van der Waals surface area contributed by atoms with Crippen LogP contribution in [0.3, 0.4) is 0 Å². The van der Waals surface area contributed by atoms with Gasteiger partial charge in [-0.3, -0.25) is 0 Å². The Morgan fingerprint density at radius 2 is 1.90 bits per heavy atom. The Labute approximate surface area is 117 Å². The van der Waals surface area contributed by atoms with Crippen molar-refractivity contribution >= 4 is 10.9 Å². The summed E-state index contributed by atoms with van der Waals surface area (Å²) in [7, 11) is 1.66. The number of ether oxygens (including phenoxy) is 1. The molecule has 0 amide bonds. The normalized spacial score (nSPS) is 10.4. The van der Waals surface area contributed by atoms with Crippen molar-refractivity contribution in [3.63, 3.8) is 0 Å². The molecule has 1 aromatic heterocycles. The number of nitrogens with zero attached hydrogens (tertiary/aromatic N) is 2. The lowest BCUT2D eigenvalue weighted by atomic mass is 10.2. The van der Waals surface area contributed by atoms with Gasteiger partial charge in [0.05, 0.1) is 18.7 Å². The summed E-state index contributed by atoms with van der Waals surface area (Å²) < 4.78 is 7.31. The van der Waals surface area contributed by atoms with Crippen molar-refractivity contribution in [2.75, 3.05) is 7.11 Å². The predicted molar refractivity (Wildman–Crippen MR) is 78.7 cm³/mol. The third kappa shape index (κ3) is 2.24. The number of hydrogen-bond acceptors (Lipinski definition) is 2. The molecule has 0 radical (unpaired) electrons. The maximum Gasteiger partial charge on any atom is 0.118 e. The highest BCUT2D eigenvalue weighted by molar-refractivity contribution is 5.81. The van der Waals surface area contributed by atoms with Crippen molar-refractivity contribution in [2.24, 2.45) is 0 Å². The Balaban J connectivity index is 1.95. The lowest BCUT2D eigenvalue weighted by Crippen LogP contribution is -1.98. The topological polar surface area (TPSA) is 38.0 Å². The van der Waals surface area contributed by atoms with E-state index in [1.807, 2.05) is 30.3 Å². The summed E-state index contributed by atoms with van der Waals surface area (Å²) >= 11 is 0. The highest BCUT2D eigenvalue weighted by Crippen LogP contribution is 2.19. The zero-order chi connectivity index (χ0) is 13.9. The second kappa shape index (κ2) is 5.10. The van der Waals surface area contributed by atoms with E-state index in [2.05, 4.69) is 35.0 Å². The first-order chi connectivity index (χ1) is 9.80. The molecule has 0 saturated heterocycles. The van der Waals surface area contributed by atoms with Crippen molar-refractivity contribution in [3.8, 4) is 11.8 Å². The van der Waals surface area contributed by atoms with Gasteiger partial charge in [-0.1, -0.05) is 18.2 Å². The number of benzene rings is 2. The SMILES string of the molecule is COc1ccc(Cn2ccc3ccc(C#N)cc32)cc1. The molecule has 0 aliphatic rings. The van der Waals surface area contributed by atoms with Crippen molar-refractivity contribution in [1.82, 2.24) is 4.57 Å². The van der Waals surface area contributed by atoms with E-state index in [0.717, 1.165) is 23.2 Å². The van der Waals surface area contributed by atoms with Gasteiger partial charge < -0.3 is 9.30 Å². The van der Waals surface area contributed by atoms with Crippen LogP contribution in [0, 0.1) is 11.3 Å². The summed E-state index contributed by atoms with van der Waals surface area (Å²) in [6.07, 6.45) is 2.05. The molecule has 3 heteroatoms. The number of hydrogen-bond donors (Lipinski definition) is 0. The maximum atomic E-state index is 9.00. The van der Waals surface area contributed by atoms with Crippen molar-refractivity contribution in [3.05, 3.63) is 65.9 Å². The molecule has 1 heterocycles. The van der Waals surface area contributed by atoms with E-state index >= 15 is 0 Å². The standard InChI is InChI=1S/C17H14N2O/c1-20-16-6-3-13(4-7-16)12-19-9-8-15-5-2-14(11-18)10-17(15)19/h2-10H,12H2,1H3. The molecular weight excluding hydrogens is 248 g/mol. The second-order valence-corrected chi connectivity index (χ2v) is 4.68. The van der Waals surface area contributed by atoms with Gasteiger partial charge in [-0.2, -0.15) is 5.26 Å². The van der Waals surface area contributed by atoms with Crippen LogP contribution >= 0.6 is 0 Å². The molecule has 98 valence electrons. The molecule has 3 nitrogen and oxygen atoms in total. The molecule has 0 unspecified atom stereocenters. The lowest BCUT2D eigenvalue weighted by Gasteiger charge is -2.07. The van der Waals surface area contributed by atoms with Gasteiger partial charge >= 0.3 is 0 Å². The minimum atomic E-state index is 0.687. The van der Waals surface area contributed by atoms with Gasteiger partial charge in [0.2, 0.25) is 0 Å². The van der Waals surface area contributed by atoms with Gasteiger partial charge in [0.1, 0.15) is 5.75 Å². The molecule has 2 aromatic carbocycles. The van der Waals surface area contributed by atoms with E-state index in [-0.39, 0.29) is 0 Å². The largest absolute Gasteiger partial charge is 0.497 e. The van der Waals surface area contributed by atoms with E-state index in [1.165, 1.54) is 5.56 Å². The Morgan fingerprint density at radius 1 is 1.10 bits per heavy atom. The summed E-state index contributed by atoms with van der Waals surface area (Å²) in [5.41, 5.74) is 2.97. The van der Waals surface area contributed by atoms with Gasteiger partial charge in [0, 0.05) is 18.3 Å². The second-order valence-electron chi connectivity index (χ2n) is 4.68. The number of methoxy groups -OCH3 is 1. The summed E-state index contributed by atoms with van der Waals surface area (Å²) in [6, 6.07) is 18.0. The van der Waals surface area contributed by atoms with Crippen molar-refractivity contribution < 1.29 is 4.74 Å². The van der Waals surface area contributed by atoms with Crippen molar-refractivity contribution in [1.29, 1.82) is 5.26 Å². The zero-order valence-corrected chi connectivity index (χ0v) is 11.2. The first kappa shape index (κ1) is 12.3. The Bertz CT molecular complexity index is 779. The lowest BCUT2D eigenvalue weighted by molar-refractivity contribution is 0.414. The van der Waals surface area contributed by atoms with Crippen LogP contribution in [-0.2, 0) is 6.54 Å². The highest BCUT2D eigenvalue weighted by atomic mass is 16.5. The average Bonchev–Trinajstić information content (AvgIpc) is 2.90. The Hall–Kier alpha value is -2.73. The molecule has 0 spiro atoms. The first-order valence-corrected chi connectivity index (χ1v) is 6.42. The van der Waals surface area contributed by atoms with E-state index in [1.54, 1.807) is 7.11 Å². The first-order valence-electron chi connectivity index (χ1n) is 6.42. The van der Waals surface area contributed by atoms with Crippen LogP contribution < -0.4 is 4.74 Å². The number of rotatable bonds is 3. The molecule has 0 aliphatic heterocycles. The minimum absolute atomic E-state index is 0.687. The zero-order valence-electron chi connectivity index (χ0n) is 11.2. The van der Waals surface area contributed by atoms with Crippen molar-refractivity contribution in [2.45, 2.75) is 6.54 Å². The van der Waals surface area contributed by atoms with E-state index < -0.39 is 0 Å². The van der Waals surface area contributed by atoms with Crippen LogP contribution in [0.25, 0.3) is 10.9 Å². The van der Waals surface area contributed by atoms with Crippen LogP contribution in [0.1, 0.15) is 11.1 Å². The fraction of sp³-hybridized carbons (Fsp3) is 0.118. The monoisotopic (exact) mass is 262 g/mol. The third-order valence-corrected chi connectivity index (χ3v) is 3.41. The maximum absolute atomic E-state index is 9.00. The molecular formula is C17H14N2O. The molecule has 0 fully saturated rings. The highest BCUT2D eigenvalue weighted by Gasteiger charge is 2.03. The van der Waals surface area contributed by atoms with Crippen LogP contribution in [0.15, 0.2) is 54.7 Å². The molecule has 0 saturated carbocycles. The fourth-order valence-corrected chi connectivity index (χ4v) is 2.32. The minimum Gasteiger partial charge on any atom is -0.497 e. The van der Waals surface area contributed by atoms with Gasteiger partial charge in [-0.05, 0) is 41.3 Å². The molecule has 0 N–H and O–H groups in total. The molecule has 0 atom stereocenters. The van der Waals surface area contributed by atoms with Gasteiger partial charge in [-0.15, -0.1) is 0 Å². The van der Waals surface area contributed by atoms with Gasteiger partial charge in [0.15, 0.2) is 0 Å². The fourth-order valence-electron chi connectivity index (χ4n) is 2.32. The van der Waals surface area contributed by atoms with Crippen LogP contribution in [0.5, 0.6) is 5.75 Å². The molecule has 0 bridgehead atoms. The summed E-state index contributed by atoms with van der Waals surface area (Å²) in [6.45, 7) is 0.780. The summed E-state index contributed by atoms with van der Waals surface area (Å²) in [5.74, 6) is 0.859. The number of aromatic nitrogens is 1. The molecule has 3 rings (SSSR count). The number of fused-ring (bicyclic) bond motifs is 1. The molecule has 20 heavy (non-hydrogen) atoms. The van der Waals surface area contributed by atoms with E-state index in [9.17, 15) is 0 Å². The summed E-state index contributed by atoms with van der Waals surface area (Å²) in [5, 5.41) is 10.2. The van der Waals surface area contributed by atoms with E-state index in [4.69, 9.17) is 10.00 Å². The van der Waals surface area contributed by atoms with E-state index in [0.29, 0.717) is 5.56 Å². The van der Waals surface area contributed by atoms with Gasteiger partial charge in [0.25, 0.3) is 0 Å².